The quantitative estimate of drug-likeness (QED) is 0.315. The van der Waals surface area contributed by atoms with Gasteiger partial charge in [-0.3, -0.25) is 4.99 Å². The third kappa shape index (κ3) is 6.80. The Bertz CT molecular complexity index is 1420. The fourth-order valence-electron chi connectivity index (χ4n) is 6.97. The molecular formula is C40H49NO. The van der Waals surface area contributed by atoms with Gasteiger partial charge in [0, 0.05) is 11.9 Å². The second-order valence-corrected chi connectivity index (χ2v) is 12.8. The molecule has 6 unspecified atom stereocenters. The highest BCUT2D eigenvalue weighted by molar-refractivity contribution is 5.89. The molecule has 0 spiro atoms. The van der Waals surface area contributed by atoms with Crippen LogP contribution in [0, 0.1) is 29.6 Å². The Labute approximate surface area is 254 Å². The van der Waals surface area contributed by atoms with Crippen LogP contribution < -0.4 is 4.74 Å². The highest BCUT2D eigenvalue weighted by atomic mass is 16.5. The van der Waals surface area contributed by atoms with Crippen molar-refractivity contribution >= 4 is 11.3 Å². The van der Waals surface area contributed by atoms with Crippen molar-refractivity contribution in [3.8, 4) is 5.75 Å². The van der Waals surface area contributed by atoms with Gasteiger partial charge in [0.2, 0.25) is 0 Å². The van der Waals surface area contributed by atoms with Gasteiger partial charge in [-0.2, -0.15) is 0 Å². The van der Waals surface area contributed by atoms with E-state index in [1.807, 2.05) is 0 Å². The van der Waals surface area contributed by atoms with Crippen molar-refractivity contribution in [3.05, 3.63) is 119 Å². The monoisotopic (exact) mass is 559 g/mol. The number of hydrogen-bond acceptors (Lipinski definition) is 2. The fraction of sp³-hybridized carbons (Fsp3) is 0.425. The fourth-order valence-corrected chi connectivity index (χ4v) is 6.97. The van der Waals surface area contributed by atoms with Crippen LogP contribution in [0.25, 0.3) is 5.57 Å². The number of aliphatic imine (C=N–C) groups is 1. The molecule has 5 rings (SSSR count). The van der Waals surface area contributed by atoms with Crippen molar-refractivity contribution in [1.29, 1.82) is 0 Å². The molecule has 42 heavy (non-hydrogen) atoms. The van der Waals surface area contributed by atoms with Crippen LogP contribution in [0.4, 0.5) is 0 Å². The van der Waals surface area contributed by atoms with Gasteiger partial charge in [-0.25, -0.2) is 0 Å². The Morgan fingerprint density at radius 3 is 2.52 bits per heavy atom. The van der Waals surface area contributed by atoms with Crippen LogP contribution in [0.5, 0.6) is 5.75 Å². The second kappa shape index (κ2) is 13.7. The zero-order valence-electron chi connectivity index (χ0n) is 26.5. The molecule has 1 heterocycles. The first-order valence-electron chi connectivity index (χ1n) is 16.1. The molecule has 0 aromatic heterocycles. The van der Waals surface area contributed by atoms with E-state index < -0.39 is 0 Å². The summed E-state index contributed by atoms with van der Waals surface area (Å²) in [5.74, 6) is 3.91. The van der Waals surface area contributed by atoms with Gasteiger partial charge in [0.05, 0.1) is 7.11 Å². The number of nitrogens with zero attached hydrogens (tertiary/aromatic N) is 1. The molecule has 2 nitrogen and oxygen atoms in total. The molecule has 0 bridgehead atoms. The third-order valence-electron chi connectivity index (χ3n) is 10.2. The Kier molecular flexibility index (Phi) is 9.83. The maximum Gasteiger partial charge on any atom is 0.119 e. The molecule has 6 atom stereocenters. The van der Waals surface area contributed by atoms with Gasteiger partial charge in [0.25, 0.3) is 0 Å². The van der Waals surface area contributed by atoms with Crippen LogP contribution >= 0.6 is 0 Å². The van der Waals surface area contributed by atoms with Crippen LogP contribution in [-0.2, 0) is 12.8 Å². The maximum absolute atomic E-state index is 5.45. The predicted molar refractivity (Wildman–Crippen MR) is 180 cm³/mol. The molecule has 2 heteroatoms. The summed E-state index contributed by atoms with van der Waals surface area (Å²) in [5, 5.41) is 0. The molecule has 1 aliphatic heterocycles. The number of methoxy groups -OCH3 is 1. The lowest BCUT2D eigenvalue weighted by Gasteiger charge is -2.32. The smallest absolute Gasteiger partial charge is 0.119 e. The minimum atomic E-state index is 0.422. The SMILES string of the molecule is CCC1C=CC=C(c2ccc(C(C)C(C)C3=CCC(C)C(C(C)C4CCc5cc(OC)ccc5C4)=NC=C3)cc2)C=C1. The summed E-state index contributed by atoms with van der Waals surface area (Å²) in [7, 11) is 1.75. The van der Waals surface area contributed by atoms with Gasteiger partial charge in [-0.15, -0.1) is 0 Å². The zero-order valence-corrected chi connectivity index (χ0v) is 26.5. The highest BCUT2D eigenvalue weighted by Crippen LogP contribution is 2.36. The summed E-state index contributed by atoms with van der Waals surface area (Å²) in [5.41, 5.74) is 9.67. The lowest BCUT2D eigenvalue weighted by atomic mass is 9.73. The lowest BCUT2D eigenvalue weighted by molar-refractivity contribution is 0.377. The summed E-state index contributed by atoms with van der Waals surface area (Å²) in [6.45, 7) is 11.7. The Morgan fingerprint density at radius 2 is 1.76 bits per heavy atom. The summed E-state index contributed by atoms with van der Waals surface area (Å²) >= 11 is 0. The summed E-state index contributed by atoms with van der Waals surface area (Å²) < 4.78 is 5.45. The summed E-state index contributed by atoms with van der Waals surface area (Å²) in [6.07, 6.45) is 23.8. The molecular weight excluding hydrogens is 510 g/mol. The van der Waals surface area contributed by atoms with E-state index in [-0.39, 0.29) is 0 Å². The predicted octanol–water partition coefficient (Wildman–Crippen LogP) is 10.3. The van der Waals surface area contributed by atoms with E-state index in [9.17, 15) is 0 Å². The van der Waals surface area contributed by atoms with Gasteiger partial charge in [-0.05, 0) is 119 Å². The van der Waals surface area contributed by atoms with E-state index in [0.717, 1.165) is 31.4 Å². The van der Waals surface area contributed by atoms with Crippen LogP contribution in [0.3, 0.4) is 0 Å². The van der Waals surface area contributed by atoms with E-state index in [4.69, 9.17) is 9.73 Å². The van der Waals surface area contributed by atoms with E-state index in [2.05, 4.69) is 126 Å². The molecule has 2 aliphatic carbocycles. The number of aryl methyl sites for hydroxylation is 1. The molecule has 0 amide bonds. The maximum atomic E-state index is 5.45. The molecule has 220 valence electrons. The van der Waals surface area contributed by atoms with Crippen LogP contribution in [0.2, 0.25) is 0 Å². The van der Waals surface area contributed by atoms with E-state index in [1.54, 1.807) is 7.11 Å². The van der Waals surface area contributed by atoms with Crippen LogP contribution in [-0.4, -0.2) is 12.8 Å². The van der Waals surface area contributed by atoms with Gasteiger partial charge in [0.15, 0.2) is 0 Å². The molecule has 2 aromatic rings. The minimum Gasteiger partial charge on any atom is -0.497 e. The average molecular weight is 560 g/mol. The van der Waals surface area contributed by atoms with Crippen molar-refractivity contribution < 1.29 is 4.74 Å². The van der Waals surface area contributed by atoms with Gasteiger partial charge in [-0.1, -0.05) is 101 Å². The molecule has 0 N–H and O–H groups in total. The normalized spacial score (nSPS) is 24.2. The molecule has 0 saturated heterocycles. The first kappa shape index (κ1) is 30.1. The van der Waals surface area contributed by atoms with Crippen molar-refractivity contribution in [1.82, 2.24) is 0 Å². The standard InChI is InChI=1S/C40H49NO/c1-7-31-9-8-10-34(14-12-31)35-17-15-32(16-18-35)28(3)29(4)33-13-11-27(2)40(41-24-23-33)30(5)36-19-20-38-26-39(42-6)22-21-37(38)25-36/h8-10,12-18,21-24,26-31,36H,7,11,19-20,25H2,1-6H3. The van der Waals surface area contributed by atoms with E-state index in [1.165, 1.54) is 45.5 Å². The molecule has 3 aliphatic rings. The number of hydrogen-bond donors (Lipinski definition) is 0. The molecule has 2 aromatic carbocycles. The number of benzene rings is 2. The topological polar surface area (TPSA) is 21.6 Å². The lowest BCUT2D eigenvalue weighted by Crippen LogP contribution is -2.30. The van der Waals surface area contributed by atoms with Crippen molar-refractivity contribution in [2.75, 3.05) is 7.11 Å². The first-order valence-corrected chi connectivity index (χ1v) is 16.1. The summed E-state index contributed by atoms with van der Waals surface area (Å²) in [4.78, 5) is 5.13. The van der Waals surface area contributed by atoms with Gasteiger partial charge >= 0.3 is 0 Å². The summed E-state index contributed by atoms with van der Waals surface area (Å²) in [6, 6.07) is 15.8. The number of allylic oxidation sites excluding steroid dienone is 9. The zero-order chi connectivity index (χ0) is 29.6. The highest BCUT2D eigenvalue weighted by Gasteiger charge is 2.29. The van der Waals surface area contributed by atoms with Crippen molar-refractivity contribution in [2.45, 2.75) is 72.6 Å². The second-order valence-electron chi connectivity index (χ2n) is 12.8. The van der Waals surface area contributed by atoms with E-state index >= 15 is 0 Å². The average Bonchev–Trinajstić information content (AvgIpc) is 3.27. The van der Waals surface area contributed by atoms with Crippen molar-refractivity contribution in [3.63, 3.8) is 0 Å². The first-order chi connectivity index (χ1) is 20.4. The van der Waals surface area contributed by atoms with Crippen molar-refractivity contribution in [2.24, 2.45) is 34.6 Å². The Hall–Kier alpha value is -3.39. The van der Waals surface area contributed by atoms with Crippen LogP contribution in [0.1, 0.15) is 82.1 Å². The largest absolute Gasteiger partial charge is 0.497 e. The molecule has 0 saturated carbocycles. The Morgan fingerprint density at radius 1 is 0.952 bits per heavy atom. The third-order valence-corrected chi connectivity index (χ3v) is 10.2. The Balaban J connectivity index is 1.24. The number of rotatable bonds is 8. The molecule has 0 radical (unpaired) electrons. The van der Waals surface area contributed by atoms with Gasteiger partial charge in [0.1, 0.15) is 5.75 Å². The van der Waals surface area contributed by atoms with Gasteiger partial charge < -0.3 is 4.74 Å². The minimum absolute atomic E-state index is 0.422. The van der Waals surface area contributed by atoms with E-state index in [0.29, 0.717) is 35.5 Å². The molecule has 0 fully saturated rings. The number of ether oxygens (including phenoxy) is 1. The number of fused-ring (bicyclic) bond motifs is 1. The van der Waals surface area contributed by atoms with Crippen LogP contribution in [0.15, 0.2) is 102 Å².